The third kappa shape index (κ3) is 4.79. The van der Waals surface area contributed by atoms with E-state index in [0.717, 1.165) is 6.26 Å². The minimum absolute atomic E-state index is 0.0256. The summed E-state index contributed by atoms with van der Waals surface area (Å²) in [7, 11) is -3.49. The summed E-state index contributed by atoms with van der Waals surface area (Å²) in [5.74, 6) is -0.761. The lowest BCUT2D eigenvalue weighted by atomic mass is 9.96. The van der Waals surface area contributed by atoms with Crippen LogP contribution < -0.4 is 5.73 Å². The van der Waals surface area contributed by atoms with E-state index in [-0.39, 0.29) is 24.9 Å². The van der Waals surface area contributed by atoms with Crippen molar-refractivity contribution in [2.24, 2.45) is 11.7 Å². The molecule has 19 heavy (non-hydrogen) atoms. The monoisotopic (exact) mass is 292 g/mol. The number of carbonyl (C=O) groups is 2. The molecule has 1 saturated heterocycles. The molecule has 1 rings (SSSR count). The maximum absolute atomic E-state index is 11.8. The van der Waals surface area contributed by atoms with Crippen molar-refractivity contribution in [3.8, 4) is 0 Å². The molecular weight excluding hydrogens is 272 g/mol. The van der Waals surface area contributed by atoms with Crippen LogP contribution in [0.4, 0.5) is 0 Å². The van der Waals surface area contributed by atoms with Crippen molar-refractivity contribution in [2.45, 2.75) is 32.2 Å². The Balaban J connectivity index is 2.67. The van der Waals surface area contributed by atoms with E-state index in [2.05, 4.69) is 0 Å². The van der Waals surface area contributed by atoms with Gasteiger partial charge >= 0.3 is 0 Å². The lowest BCUT2D eigenvalue weighted by Crippen LogP contribution is -2.52. The Morgan fingerprint density at radius 1 is 1.58 bits per heavy atom. The zero-order valence-corrected chi connectivity index (χ0v) is 12.0. The number of nitrogens with zero attached hydrogens (tertiary/aromatic N) is 1. The molecular formula is C11H20N2O5S. The second-order valence-electron chi connectivity index (χ2n) is 4.77. The molecule has 0 spiro atoms. The van der Waals surface area contributed by atoms with Crippen LogP contribution in [0.3, 0.4) is 0 Å². The van der Waals surface area contributed by atoms with Crippen LogP contribution in [-0.2, 0) is 23.9 Å². The number of hydrogen-bond donors (Lipinski definition) is 1. The van der Waals surface area contributed by atoms with Gasteiger partial charge in [-0.1, -0.05) is 6.92 Å². The molecule has 7 nitrogen and oxygen atoms in total. The van der Waals surface area contributed by atoms with E-state index in [9.17, 15) is 18.0 Å². The van der Waals surface area contributed by atoms with E-state index in [0.29, 0.717) is 19.4 Å². The maximum Gasteiger partial charge on any atom is 0.264 e. The van der Waals surface area contributed by atoms with Crippen molar-refractivity contribution in [1.82, 2.24) is 4.90 Å². The minimum atomic E-state index is -3.49. The fourth-order valence-electron chi connectivity index (χ4n) is 2.17. The molecule has 0 radical (unpaired) electrons. The van der Waals surface area contributed by atoms with Crippen LogP contribution in [0.2, 0.25) is 0 Å². The molecule has 0 aromatic carbocycles. The van der Waals surface area contributed by atoms with E-state index >= 15 is 0 Å². The Kier molecular flexibility index (Phi) is 5.30. The molecule has 110 valence electrons. The predicted octanol–water partition coefficient (Wildman–Crippen LogP) is -0.535. The first-order valence-electron chi connectivity index (χ1n) is 6.17. The summed E-state index contributed by atoms with van der Waals surface area (Å²) in [6.07, 6.45) is 2.26. The molecule has 2 N–H and O–H groups in total. The zero-order chi connectivity index (χ0) is 14.6. The van der Waals surface area contributed by atoms with E-state index in [1.807, 2.05) is 0 Å². The van der Waals surface area contributed by atoms with Crippen molar-refractivity contribution < 1.29 is 22.2 Å². The molecule has 2 amide bonds. The number of piperidine rings is 1. The van der Waals surface area contributed by atoms with E-state index in [4.69, 9.17) is 9.92 Å². The standard InChI is InChI=1S/C11H20N2O5S/c1-3-9(11(12)15)13-6-8(4-5-10(13)14)7-18-19(2,16)17/h8-9H,3-7H2,1-2H3,(H2,12,15)/t8?,9-/m0/s1. The highest BCUT2D eigenvalue weighted by molar-refractivity contribution is 7.85. The summed E-state index contributed by atoms with van der Waals surface area (Å²) >= 11 is 0. The summed E-state index contributed by atoms with van der Waals surface area (Å²) in [6, 6.07) is -0.631. The number of amides is 2. The molecule has 1 heterocycles. The predicted molar refractivity (Wildman–Crippen MR) is 68.5 cm³/mol. The first-order valence-corrected chi connectivity index (χ1v) is 7.99. The summed E-state index contributed by atoms with van der Waals surface area (Å²) in [5.41, 5.74) is 5.27. The average Bonchev–Trinajstić information content (AvgIpc) is 2.29. The van der Waals surface area contributed by atoms with Gasteiger partial charge in [0.25, 0.3) is 10.1 Å². The highest BCUT2D eigenvalue weighted by atomic mass is 32.2. The van der Waals surface area contributed by atoms with Gasteiger partial charge in [0.05, 0.1) is 12.9 Å². The van der Waals surface area contributed by atoms with Gasteiger partial charge in [-0.15, -0.1) is 0 Å². The van der Waals surface area contributed by atoms with Crippen LogP contribution in [0.15, 0.2) is 0 Å². The fraction of sp³-hybridized carbons (Fsp3) is 0.818. The van der Waals surface area contributed by atoms with Crippen molar-refractivity contribution in [2.75, 3.05) is 19.4 Å². The van der Waals surface area contributed by atoms with E-state index in [1.165, 1.54) is 4.90 Å². The molecule has 1 aliphatic rings. The van der Waals surface area contributed by atoms with Gasteiger partial charge in [-0.05, 0) is 12.8 Å². The van der Waals surface area contributed by atoms with E-state index < -0.39 is 22.1 Å². The summed E-state index contributed by atoms with van der Waals surface area (Å²) < 4.78 is 26.6. The first kappa shape index (κ1) is 15.9. The fourth-order valence-corrected chi connectivity index (χ4v) is 2.61. The Bertz CT molecular complexity index is 448. The van der Waals surface area contributed by atoms with Crippen LogP contribution in [0.25, 0.3) is 0 Å². The maximum atomic E-state index is 11.8. The van der Waals surface area contributed by atoms with Crippen LogP contribution >= 0.6 is 0 Å². The van der Waals surface area contributed by atoms with Crippen molar-refractivity contribution in [1.29, 1.82) is 0 Å². The zero-order valence-electron chi connectivity index (χ0n) is 11.2. The smallest absolute Gasteiger partial charge is 0.264 e. The molecule has 0 aromatic rings. The molecule has 0 aromatic heterocycles. The van der Waals surface area contributed by atoms with Gasteiger partial charge < -0.3 is 10.6 Å². The quantitative estimate of drug-likeness (QED) is 0.662. The lowest BCUT2D eigenvalue weighted by Gasteiger charge is -2.36. The molecule has 1 unspecified atom stereocenters. The van der Waals surface area contributed by atoms with Gasteiger partial charge in [-0.25, -0.2) is 0 Å². The van der Waals surface area contributed by atoms with Crippen LogP contribution in [0.5, 0.6) is 0 Å². The normalized spacial score (nSPS) is 22.3. The Morgan fingerprint density at radius 3 is 2.68 bits per heavy atom. The molecule has 1 aliphatic heterocycles. The number of primary amides is 1. The van der Waals surface area contributed by atoms with Gasteiger partial charge in [0.15, 0.2) is 0 Å². The number of carbonyl (C=O) groups excluding carboxylic acids is 2. The van der Waals surface area contributed by atoms with Crippen LogP contribution in [-0.4, -0.2) is 50.6 Å². The topological polar surface area (TPSA) is 107 Å². The van der Waals surface area contributed by atoms with Gasteiger partial charge in [0, 0.05) is 18.9 Å². The van der Waals surface area contributed by atoms with Crippen molar-refractivity contribution in [3.63, 3.8) is 0 Å². The van der Waals surface area contributed by atoms with Crippen LogP contribution in [0.1, 0.15) is 26.2 Å². The molecule has 0 aliphatic carbocycles. The first-order chi connectivity index (χ1) is 8.74. The largest absolute Gasteiger partial charge is 0.368 e. The third-order valence-electron chi connectivity index (χ3n) is 3.15. The Hall–Kier alpha value is -1.15. The van der Waals surface area contributed by atoms with E-state index in [1.54, 1.807) is 6.92 Å². The van der Waals surface area contributed by atoms with Crippen molar-refractivity contribution >= 4 is 21.9 Å². The van der Waals surface area contributed by atoms with Crippen molar-refractivity contribution in [3.05, 3.63) is 0 Å². The molecule has 2 atom stereocenters. The number of rotatable bonds is 6. The lowest BCUT2D eigenvalue weighted by molar-refractivity contribution is -0.143. The van der Waals surface area contributed by atoms with Gasteiger partial charge in [0.1, 0.15) is 6.04 Å². The van der Waals surface area contributed by atoms with Gasteiger partial charge in [-0.3, -0.25) is 13.8 Å². The second-order valence-corrected chi connectivity index (χ2v) is 6.41. The Morgan fingerprint density at radius 2 is 2.21 bits per heavy atom. The highest BCUT2D eigenvalue weighted by Gasteiger charge is 2.33. The van der Waals surface area contributed by atoms with Gasteiger partial charge in [-0.2, -0.15) is 8.42 Å². The number of nitrogens with two attached hydrogens (primary N) is 1. The third-order valence-corrected chi connectivity index (χ3v) is 3.72. The summed E-state index contributed by atoms with van der Waals surface area (Å²) in [6.45, 7) is 2.10. The van der Waals surface area contributed by atoms with Crippen LogP contribution in [0, 0.1) is 5.92 Å². The Labute approximate surface area is 113 Å². The second kappa shape index (κ2) is 6.33. The van der Waals surface area contributed by atoms with Gasteiger partial charge in [0.2, 0.25) is 11.8 Å². The molecule has 8 heteroatoms. The summed E-state index contributed by atoms with van der Waals surface area (Å²) in [5, 5.41) is 0. The SMILES string of the molecule is CC[C@@H](C(N)=O)N1CC(COS(C)(=O)=O)CCC1=O. The minimum Gasteiger partial charge on any atom is -0.368 e. The summed E-state index contributed by atoms with van der Waals surface area (Å²) in [4.78, 5) is 24.5. The average molecular weight is 292 g/mol. The molecule has 0 saturated carbocycles. The molecule has 0 bridgehead atoms. The number of likely N-dealkylation sites (tertiary alicyclic amines) is 1. The molecule has 1 fully saturated rings. The number of hydrogen-bond acceptors (Lipinski definition) is 5. The highest BCUT2D eigenvalue weighted by Crippen LogP contribution is 2.21.